The maximum Gasteiger partial charge on any atom is 0.305 e. The molecule has 508 valence electrons. The summed E-state index contributed by atoms with van der Waals surface area (Å²) in [6.45, 7) is 4.95. The van der Waals surface area contributed by atoms with Gasteiger partial charge in [-0.25, -0.2) is 0 Å². The quantitative estimate of drug-likeness (QED) is 0.0320. The summed E-state index contributed by atoms with van der Waals surface area (Å²) in [4.78, 5) is 24.6. The van der Waals surface area contributed by atoms with E-state index in [1.165, 1.54) is 353 Å². The van der Waals surface area contributed by atoms with Gasteiger partial charge in [0.05, 0.1) is 25.4 Å². The minimum Gasteiger partial charge on any atom is -0.466 e. The van der Waals surface area contributed by atoms with Crippen LogP contribution < -0.4 is 5.32 Å². The molecule has 0 aliphatic rings. The fourth-order valence-corrected chi connectivity index (χ4v) is 12.4. The number of nitrogens with one attached hydrogen (secondary N) is 1. The van der Waals surface area contributed by atoms with Crippen LogP contribution >= 0.6 is 0 Å². The predicted molar refractivity (Wildman–Crippen MR) is 379 cm³/mol. The normalized spacial score (nSPS) is 12.7. The Labute approximate surface area is 538 Å². The Kier molecular flexibility index (Phi) is 73.9. The Morgan fingerprint density at radius 1 is 0.326 bits per heavy atom. The molecule has 0 spiro atoms. The molecule has 0 rings (SSSR count). The molecule has 0 aliphatic carbocycles. The highest BCUT2D eigenvalue weighted by Crippen LogP contribution is 2.20. The third-order valence-electron chi connectivity index (χ3n) is 18.4. The monoisotopic (exact) mass is 1210 g/mol. The molecule has 0 radical (unpaired) electrons. The molecule has 2 atom stereocenters. The maximum atomic E-state index is 12.5. The fraction of sp³-hybridized carbons (Fsp3) is 0.900. The number of amides is 1. The van der Waals surface area contributed by atoms with Crippen molar-refractivity contribution < 1.29 is 24.5 Å². The molecule has 1 amide bonds. The van der Waals surface area contributed by atoms with Gasteiger partial charge in [0.2, 0.25) is 5.91 Å². The number of aliphatic hydroxyl groups is 2. The van der Waals surface area contributed by atoms with E-state index in [1.807, 2.05) is 0 Å². The molecule has 0 aromatic rings. The molecule has 6 heteroatoms. The van der Waals surface area contributed by atoms with Gasteiger partial charge in [0.1, 0.15) is 0 Å². The lowest BCUT2D eigenvalue weighted by molar-refractivity contribution is -0.143. The van der Waals surface area contributed by atoms with Gasteiger partial charge in [-0.05, 0) is 77.0 Å². The molecular weight excluding hydrogens is 1050 g/mol. The standard InChI is InChI=1S/C80H153NO5/c1-3-5-7-9-11-13-15-17-19-20-42-45-48-52-56-60-64-68-72-78(83)77(76-82)81-79(84)73-69-65-61-57-53-49-46-43-40-38-36-34-32-30-28-26-24-22-21-23-25-27-29-31-33-35-37-39-41-44-47-51-55-59-63-67-71-75-86-80(85)74-70-66-62-58-54-50-18-16-14-12-10-8-6-4-2/h10,12,16,18,21,23,77-78,82-83H,3-9,11,13-15,17,19-20,22,24-76H2,1-2H3,(H,81,84)/b12-10-,18-16-,23-21-. The zero-order valence-electron chi connectivity index (χ0n) is 58.3. The van der Waals surface area contributed by atoms with Crippen molar-refractivity contribution in [1.82, 2.24) is 5.32 Å². The van der Waals surface area contributed by atoms with Crippen molar-refractivity contribution in [2.24, 2.45) is 0 Å². The molecule has 2 unspecified atom stereocenters. The average Bonchev–Trinajstić information content (AvgIpc) is 3.55. The van der Waals surface area contributed by atoms with Gasteiger partial charge >= 0.3 is 5.97 Å². The Balaban J connectivity index is 3.33. The highest BCUT2D eigenvalue weighted by atomic mass is 16.5. The third-order valence-corrected chi connectivity index (χ3v) is 18.4. The van der Waals surface area contributed by atoms with E-state index in [0.717, 1.165) is 51.4 Å². The van der Waals surface area contributed by atoms with Crippen molar-refractivity contribution in [2.75, 3.05) is 13.2 Å². The van der Waals surface area contributed by atoms with Crippen LogP contribution in [0, 0.1) is 0 Å². The van der Waals surface area contributed by atoms with Crippen LogP contribution in [0.2, 0.25) is 0 Å². The summed E-state index contributed by atoms with van der Waals surface area (Å²) in [7, 11) is 0. The van der Waals surface area contributed by atoms with Crippen molar-refractivity contribution in [2.45, 2.75) is 450 Å². The number of ether oxygens (including phenoxy) is 1. The van der Waals surface area contributed by atoms with Crippen LogP contribution in [0.5, 0.6) is 0 Å². The highest BCUT2D eigenvalue weighted by molar-refractivity contribution is 5.76. The van der Waals surface area contributed by atoms with Crippen LogP contribution in [0.4, 0.5) is 0 Å². The summed E-state index contributed by atoms with van der Waals surface area (Å²) >= 11 is 0. The molecule has 3 N–H and O–H groups in total. The number of rotatable bonds is 74. The van der Waals surface area contributed by atoms with Gasteiger partial charge in [0, 0.05) is 12.8 Å². The third kappa shape index (κ3) is 71.2. The van der Waals surface area contributed by atoms with E-state index in [9.17, 15) is 19.8 Å². The van der Waals surface area contributed by atoms with Crippen LogP contribution in [0.15, 0.2) is 36.5 Å². The van der Waals surface area contributed by atoms with Crippen LogP contribution in [-0.2, 0) is 14.3 Å². The number of allylic oxidation sites excluding steroid dienone is 6. The van der Waals surface area contributed by atoms with Crippen LogP contribution in [-0.4, -0.2) is 47.4 Å². The minimum atomic E-state index is -0.662. The molecule has 0 bridgehead atoms. The van der Waals surface area contributed by atoms with Gasteiger partial charge in [0.25, 0.3) is 0 Å². The first-order chi connectivity index (χ1) is 42.5. The molecule has 0 fully saturated rings. The van der Waals surface area contributed by atoms with Crippen molar-refractivity contribution in [3.63, 3.8) is 0 Å². The number of hydrogen-bond acceptors (Lipinski definition) is 5. The van der Waals surface area contributed by atoms with E-state index in [1.54, 1.807) is 0 Å². The van der Waals surface area contributed by atoms with E-state index in [0.29, 0.717) is 25.9 Å². The second kappa shape index (κ2) is 75.5. The van der Waals surface area contributed by atoms with Crippen LogP contribution in [0.1, 0.15) is 438 Å². The number of hydrogen-bond donors (Lipinski definition) is 3. The Morgan fingerprint density at radius 2 is 0.593 bits per heavy atom. The van der Waals surface area contributed by atoms with Crippen molar-refractivity contribution >= 4 is 11.9 Å². The van der Waals surface area contributed by atoms with Gasteiger partial charge in [-0.1, -0.05) is 384 Å². The number of carbonyl (C=O) groups is 2. The maximum absolute atomic E-state index is 12.5. The molecule has 0 saturated carbocycles. The smallest absolute Gasteiger partial charge is 0.305 e. The molecule has 86 heavy (non-hydrogen) atoms. The summed E-state index contributed by atoms with van der Waals surface area (Å²) in [5, 5.41) is 23.4. The van der Waals surface area contributed by atoms with Gasteiger partial charge in [0.15, 0.2) is 0 Å². The lowest BCUT2D eigenvalue weighted by atomic mass is 10.0. The van der Waals surface area contributed by atoms with Crippen molar-refractivity contribution in [3.05, 3.63) is 36.5 Å². The van der Waals surface area contributed by atoms with Gasteiger partial charge in [-0.3, -0.25) is 9.59 Å². The minimum absolute atomic E-state index is 0.00726. The van der Waals surface area contributed by atoms with Crippen LogP contribution in [0.25, 0.3) is 0 Å². The zero-order chi connectivity index (χ0) is 62.0. The summed E-state index contributed by atoms with van der Waals surface area (Å²) in [5.74, 6) is -0.0195. The van der Waals surface area contributed by atoms with Crippen LogP contribution in [0.3, 0.4) is 0 Å². The predicted octanol–water partition coefficient (Wildman–Crippen LogP) is 25.8. The van der Waals surface area contributed by atoms with E-state index >= 15 is 0 Å². The number of aliphatic hydroxyl groups excluding tert-OH is 2. The summed E-state index contributed by atoms with van der Waals surface area (Å²) in [6, 6.07) is -0.539. The van der Waals surface area contributed by atoms with Gasteiger partial charge in [-0.15, -0.1) is 0 Å². The second-order valence-corrected chi connectivity index (χ2v) is 27.0. The van der Waals surface area contributed by atoms with Crippen molar-refractivity contribution in [3.8, 4) is 0 Å². The molecule has 6 nitrogen and oxygen atoms in total. The molecule has 0 aromatic heterocycles. The lowest BCUT2D eigenvalue weighted by Crippen LogP contribution is -2.45. The first kappa shape index (κ1) is 84.1. The molecule has 0 aliphatic heterocycles. The number of carbonyl (C=O) groups excluding carboxylic acids is 2. The Morgan fingerprint density at radius 3 is 0.930 bits per heavy atom. The zero-order valence-corrected chi connectivity index (χ0v) is 58.3. The van der Waals surface area contributed by atoms with E-state index in [4.69, 9.17) is 4.74 Å². The first-order valence-electron chi connectivity index (χ1n) is 39.2. The van der Waals surface area contributed by atoms with E-state index in [-0.39, 0.29) is 18.5 Å². The lowest BCUT2D eigenvalue weighted by Gasteiger charge is -2.22. The molecule has 0 saturated heterocycles. The molecular formula is C80H153NO5. The Bertz CT molecular complexity index is 1390. The average molecular weight is 1210 g/mol. The summed E-state index contributed by atoms with van der Waals surface area (Å²) in [5.41, 5.74) is 0. The fourth-order valence-electron chi connectivity index (χ4n) is 12.4. The number of unbranched alkanes of at least 4 members (excludes halogenated alkanes) is 57. The topological polar surface area (TPSA) is 95.9 Å². The van der Waals surface area contributed by atoms with Crippen molar-refractivity contribution in [1.29, 1.82) is 0 Å². The van der Waals surface area contributed by atoms with E-state index < -0.39 is 12.1 Å². The number of esters is 1. The van der Waals surface area contributed by atoms with E-state index in [2.05, 4.69) is 55.6 Å². The first-order valence-corrected chi connectivity index (χ1v) is 39.2. The summed E-state index contributed by atoms with van der Waals surface area (Å²) < 4.78 is 5.49. The Hall–Kier alpha value is -1.92. The molecule has 0 heterocycles. The van der Waals surface area contributed by atoms with Gasteiger partial charge < -0.3 is 20.3 Å². The molecule has 0 aromatic carbocycles. The van der Waals surface area contributed by atoms with Gasteiger partial charge in [-0.2, -0.15) is 0 Å². The highest BCUT2D eigenvalue weighted by Gasteiger charge is 2.20. The second-order valence-electron chi connectivity index (χ2n) is 27.0. The largest absolute Gasteiger partial charge is 0.466 e. The summed E-state index contributed by atoms with van der Waals surface area (Å²) in [6.07, 6.45) is 98.1. The SMILES string of the molecule is CCCC/C=C\C/C=C\CCCCCCCC(=O)OCCCCCCCCCCCCCCCCCC/C=C\CCCCCCCCCCCCCCCCCCCC(=O)NC(CO)C(O)CCCCCCCCCCCCCCCCCCCC.